The van der Waals surface area contributed by atoms with E-state index < -0.39 is 5.82 Å². The standard InChI is InChI=1S/C15H11Br2FO/c1-8-6-10(7-9(2)13(8)17)15(19)11-4-3-5-12(16)14(11)18/h3-7H,1-2H3. The van der Waals surface area contributed by atoms with E-state index in [9.17, 15) is 9.18 Å². The molecule has 0 fully saturated rings. The van der Waals surface area contributed by atoms with Gasteiger partial charge in [0.15, 0.2) is 5.78 Å². The molecule has 0 radical (unpaired) electrons. The second-order valence-electron chi connectivity index (χ2n) is 4.35. The summed E-state index contributed by atoms with van der Waals surface area (Å²) in [5.41, 5.74) is 2.49. The first-order valence-electron chi connectivity index (χ1n) is 5.67. The zero-order valence-corrected chi connectivity index (χ0v) is 13.6. The number of hydrogen-bond donors (Lipinski definition) is 0. The third-order valence-corrected chi connectivity index (χ3v) is 4.76. The predicted octanol–water partition coefficient (Wildman–Crippen LogP) is 5.20. The Morgan fingerprint density at radius 1 is 1.11 bits per heavy atom. The molecule has 0 unspecified atom stereocenters. The summed E-state index contributed by atoms with van der Waals surface area (Å²) in [6, 6.07) is 8.25. The molecule has 0 aliphatic carbocycles. The summed E-state index contributed by atoms with van der Waals surface area (Å²) in [6.07, 6.45) is 0. The number of aryl methyl sites for hydroxylation is 2. The van der Waals surface area contributed by atoms with Crippen molar-refractivity contribution in [1.82, 2.24) is 0 Å². The Hall–Kier alpha value is -1.000. The number of rotatable bonds is 2. The highest BCUT2D eigenvalue weighted by Gasteiger charge is 2.17. The van der Waals surface area contributed by atoms with Crippen molar-refractivity contribution in [3.05, 3.63) is 67.3 Å². The predicted molar refractivity (Wildman–Crippen MR) is 81.1 cm³/mol. The average Bonchev–Trinajstić information content (AvgIpc) is 2.38. The van der Waals surface area contributed by atoms with E-state index in [1.165, 1.54) is 6.07 Å². The quantitative estimate of drug-likeness (QED) is 0.649. The maximum Gasteiger partial charge on any atom is 0.196 e. The summed E-state index contributed by atoms with van der Waals surface area (Å²) in [7, 11) is 0. The van der Waals surface area contributed by atoms with Crippen LogP contribution in [0.4, 0.5) is 4.39 Å². The second kappa shape index (κ2) is 5.55. The van der Waals surface area contributed by atoms with Gasteiger partial charge in [0.1, 0.15) is 5.82 Å². The molecule has 0 amide bonds. The van der Waals surface area contributed by atoms with Gasteiger partial charge < -0.3 is 0 Å². The van der Waals surface area contributed by atoms with Gasteiger partial charge in [0.25, 0.3) is 0 Å². The lowest BCUT2D eigenvalue weighted by atomic mass is 9.99. The van der Waals surface area contributed by atoms with Crippen LogP contribution in [0.15, 0.2) is 39.3 Å². The molecule has 0 N–H and O–H groups in total. The van der Waals surface area contributed by atoms with Crippen molar-refractivity contribution in [3.63, 3.8) is 0 Å². The molecule has 0 atom stereocenters. The first-order chi connectivity index (χ1) is 8.91. The molecule has 0 aliphatic rings. The summed E-state index contributed by atoms with van der Waals surface area (Å²) in [5, 5.41) is 0. The summed E-state index contributed by atoms with van der Waals surface area (Å²) >= 11 is 6.54. The van der Waals surface area contributed by atoms with Crippen LogP contribution in [-0.2, 0) is 0 Å². The molecule has 2 aromatic rings. The molecule has 0 bridgehead atoms. The summed E-state index contributed by atoms with van der Waals surface area (Å²) in [4.78, 5) is 12.4. The molecule has 0 heterocycles. The van der Waals surface area contributed by atoms with Gasteiger partial charge in [-0.3, -0.25) is 4.79 Å². The summed E-state index contributed by atoms with van der Waals surface area (Å²) in [5.74, 6) is -0.830. The van der Waals surface area contributed by atoms with Crippen LogP contribution in [0, 0.1) is 19.7 Å². The minimum absolute atomic E-state index is 0.0792. The lowest BCUT2D eigenvalue weighted by molar-refractivity contribution is 0.103. The second-order valence-corrected chi connectivity index (χ2v) is 6.00. The SMILES string of the molecule is Cc1cc(C(=O)c2cccc(Br)c2F)cc(C)c1Br. The van der Waals surface area contributed by atoms with Crippen molar-refractivity contribution in [2.45, 2.75) is 13.8 Å². The molecule has 2 aromatic carbocycles. The lowest BCUT2D eigenvalue weighted by Crippen LogP contribution is -2.05. The summed E-state index contributed by atoms with van der Waals surface area (Å²) in [6.45, 7) is 3.82. The minimum atomic E-state index is -0.522. The van der Waals surface area contributed by atoms with Gasteiger partial charge in [-0.05, 0) is 65.2 Å². The van der Waals surface area contributed by atoms with Gasteiger partial charge in [-0.2, -0.15) is 0 Å². The van der Waals surface area contributed by atoms with Gasteiger partial charge in [-0.1, -0.05) is 22.0 Å². The Balaban J connectivity index is 2.53. The van der Waals surface area contributed by atoms with Crippen molar-refractivity contribution in [2.75, 3.05) is 0 Å². The van der Waals surface area contributed by atoms with Crippen molar-refractivity contribution >= 4 is 37.6 Å². The molecule has 4 heteroatoms. The van der Waals surface area contributed by atoms with E-state index >= 15 is 0 Å². The molecule has 0 saturated carbocycles. The number of halogens is 3. The molecule has 0 aromatic heterocycles. The van der Waals surface area contributed by atoms with Crippen molar-refractivity contribution < 1.29 is 9.18 Å². The molecule has 98 valence electrons. The third kappa shape index (κ3) is 2.79. The molecular weight excluding hydrogens is 375 g/mol. The van der Waals surface area contributed by atoms with Gasteiger partial charge in [0.2, 0.25) is 0 Å². The highest BCUT2D eigenvalue weighted by Crippen LogP contribution is 2.26. The van der Waals surface area contributed by atoms with E-state index in [2.05, 4.69) is 31.9 Å². The van der Waals surface area contributed by atoms with Crippen molar-refractivity contribution in [3.8, 4) is 0 Å². The first kappa shape index (κ1) is 14.4. The van der Waals surface area contributed by atoms with E-state index in [4.69, 9.17) is 0 Å². The van der Waals surface area contributed by atoms with Gasteiger partial charge in [-0.25, -0.2) is 4.39 Å². The van der Waals surface area contributed by atoms with Crippen molar-refractivity contribution in [2.24, 2.45) is 0 Å². The Bertz CT molecular complexity index is 642. The molecule has 2 rings (SSSR count). The van der Waals surface area contributed by atoms with E-state index in [0.29, 0.717) is 10.0 Å². The maximum atomic E-state index is 13.9. The van der Waals surface area contributed by atoms with Gasteiger partial charge >= 0.3 is 0 Å². The highest BCUT2D eigenvalue weighted by molar-refractivity contribution is 9.10. The number of carbonyl (C=O) groups is 1. The van der Waals surface area contributed by atoms with Gasteiger partial charge in [0.05, 0.1) is 10.0 Å². The van der Waals surface area contributed by atoms with Gasteiger partial charge in [0, 0.05) is 10.0 Å². The Morgan fingerprint density at radius 2 is 1.68 bits per heavy atom. The monoisotopic (exact) mass is 384 g/mol. The van der Waals surface area contributed by atoms with Crippen LogP contribution in [0.1, 0.15) is 27.0 Å². The number of benzene rings is 2. The van der Waals surface area contributed by atoms with Crippen LogP contribution in [0.25, 0.3) is 0 Å². The first-order valence-corrected chi connectivity index (χ1v) is 7.26. The van der Waals surface area contributed by atoms with E-state index in [1.54, 1.807) is 24.3 Å². The smallest absolute Gasteiger partial charge is 0.196 e. The number of hydrogen-bond acceptors (Lipinski definition) is 1. The normalized spacial score (nSPS) is 10.6. The van der Waals surface area contributed by atoms with E-state index in [0.717, 1.165) is 15.6 Å². The fourth-order valence-corrected chi connectivity index (χ4v) is 2.51. The van der Waals surface area contributed by atoms with Gasteiger partial charge in [-0.15, -0.1) is 0 Å². The molecule has 1 nitrogen and oxygen atoms in total. The minimum Gasteiger partial charge on any atom is -0.288 e. The zero-order chi connectivity index (χ0) is 14.2. The van der Waals surface area contributed by atoms with E-state index in [-0.39, 0.29) is 11.3 Å². The molecule has 0 aliphatic heterocycles. The number of ketones is 1. The Labute approximate surface area is 128 Å². The van der Waals surface area contributed by atoms with Crippen LogP contribution in [0.5, 0.6) is 0 Å². The summed E-state index contributed by atoms with van der Waals surface area (Å²) < 4.78 is 15.2. The fourth-order valence-electron chi connectivity index (χ4n) is 1.91. The van der Waals surface area contributed by atoms with Crippen molar-refractivity contribution in [1.29, 1.82) is 0 Å². The Morgan fingerprint density at radius 3 is 2.26 bits per heavy atom. The maximum absolute atomic E-state index is 13.9. The average molecular weight is 386 g/mol. The Kier molecular flexibility index (Phi) is 4.21. The van der Waals surface area contributed by atoms with Crippen LogP contribution in [0.2, 0.25) is 0 Å². The highest BCUT2D eigenvalue weighted by atomic mass is 79.9. The number of carbonyl (C=O) groups excluding carboxylic acids is 1. The largest absolute Gasteiger partial charge is 0.288 e. The van der Waals surface area contributed by atoms with Crippen LogP contribution in [-0.4, -0.2) is 5.78 Å². The molecular formula is C15H11Br2FO. The van der Waals surface area contributed by atoms with Crippen LogP contribution in [0.3, 0.4) is 0 Å². The van der Waals surface area contributed by atoms with Crippen LogP contribution >= 0.6 is 31.9 Å². The molecule has 0 saturated heterocycles. The zero-order valence-electron chi connectivity index (χ0n) is 10.4. The fraction of sp³-hybridized carbons (Fsp3) is 0.133. The van der Waals surface area contributed by atoms with Crippen LogP contribution < -0.4 is 0 Å². The third-order valence-electron chi connectivity index (χ3n) is 2.89. The molecule has 0 spiro atoms. The van der Waals surface area contributed by atoms with E-state index in [1.807, 2.05) is 13.8 Å². The lowest BCUT2D eigenvalue weighted by Gasteiger charge is -2.08. The molecule has 19 heavy (non-hydrogen) atoms. The topological polar surface area (TPSA) is 17.1 Å².